The number of nitrogens with one attached hydrogen (secondary N) is 2. The zero-order valence-electron chi connectivity index (χ0n) is 16.3. The van der Waals surface area contributed by atoms with Crippen LogP contribution in [0.25, 0.3) is 0 Å². The monoisotopic (exact) mass is 402 g/mol. The molecular formula is C24H22N2O4. The van der Waals surface area contributed by atoms with Gasteiger partial charge in [0.2, 0.25) is 5.91 Å². The molecule has 0 aromatic heterocycles. The SMILES string of the molecule is O=C(NCCCNC(=O)C1c2ccccc2Oc2ccccc21)c1cccc(O)c1. The molecule has 2 amide bonds. The average molecular weight is 402 g/mol. The molecule has 0 fully saturated rings. The van der Waals surface area contributed by atoms with Crippen LogP contribution in [-0.4, -0.2) is 30.0 Å². The van der Waals surface area contributed by atoms with Gasteiger partial charge in [-0.3, -0.25) is 9.59 Å². The number of hydrogen-bond acceptors (Lipinski definition) is 4. The fraction of sp³-hybridized carbons (Fsp3) is 0.167. The normalized spacial score (nSPS) is 12.3. The number of carbonyl (C=O) groups excluding carboxylic acids is 2. The fourth-order valence-corrected chi connectivity index (χ4v) is 3.55. The third-order valence-electron chi connectivity index (χ3n) is 4.99. The average Bonchev–Trinajstić information content (AvgIpc) is 2.76. The Morgan fingerprint density at radius 2 is 1.47 bits per heavy atom. The summed E-state index contributed by atoms with van der Waals surface area (Å²) in [6.07, 6.45) is 0.586. The third-order valence-corrected chi connectivity index (χ3v) is 4.99. The predicted octanol–water partition coefficient (Wildman–Crippen LogP) is 3.57. The maximum atomic E-state index is 13.0. The highest BCUT2D eigenvalue weighted by Crippen LogP contribution is 2.43. The zero-order valence-corrected chi connectivity index (χ0v) is 16.3. The summed E-state index contributed by atoms with van der Waals surface area (Å²) in [5.41, 5.74) is 2.08. The molecule has 0 unspecified atom stereocenters. The molecule has 0 bridgehead atoms. The molecule has 3 N–H and O–H groups in total. The standard InChI is InChI=1S/C24H22N2O4/c27-17-8-5-7-16(15-17)23(28)25-13-6-14-26-24(29)22-18-9-1-3-11-20(18)30-21-12-4-2-10-19(21)22/h1-5,7-12,15,22,27H,6,13-14H2,(H,25,28)(H,26,29). The Kier molecular flexibility index (Phi) is 5.66. The minimum absolute atomic E-state index is 0.0481. The van der Waals surface area contributed by atoms with E-state index in [4.69, 9.17) is 4.74 Å². The Morgan fingerprint density at radius 3 is 2.13 bits per heavy atom. The van der Waals surface area contributed by atoms with Crippen molar-refractivity contribution in [1.82, 2.24) is 10.6 Å². The number of aromatic hydroxyl groups is 1. The number of ether oxygens (including phenoxy) is 1. The van der Waals surface area contributed by atoms with Crippen LogP contribution in [0.5, 0.6) is 17.2 Å². The molecule has 0 saturated carbocycles. The summed E-state index contributed by atoms with van der Waals surface area (Å²) < 4.78 is 5.93. The van der Waals surface area contributed by atoms with Gasteiger partial charge in [0, 0.05) is 29.8 Å². The van der Waals surface area contributed by atoms with Gasteiger partial charge in [0.1, 0.15) is 17.2 Å². The van der Waals surface area contributed by atoms with Gasteiger partial charge in [0.15, 0.2) is 0 Å². The predicted molar refractivity (Wildman–Crippen MR) is 113 cm³/mol. The van der Waals surface area contributed by atoms with Crippen LogP contribution in [0.3, 0.4) is 0 Å². The first-order chi connectivity index (χ1) is 14.6. The lowest BCUT2D eigenvalue weighted by atomic mass is 9.87. The molecule has 3 aromatic rings. The van der Waals surface area contributed by atoms with E-state index in [1.54, 1.807) is 12.1 Å². The fourth-order valence-electron chi connectivity index (χ4n) is 3.55. The number of hydrogen-bond donors (Lipinski definition) is 3. The van der Waals surface area contributed by atoms with Gasteiger partial charge in [-0.25, -0.2) is 0 Å². The van der Waals surface area contributed by atoms with Gasteiger partial charge in [0.05, 0.1) is 5.92 Å². The Morgan fingerprint density at radius 1 is 0.833 bits per heavy atom. The van der Waals surface area contributed by atoms with E-state index in [2.05, 4.69) is 10.6 Å². The van der Waals surface area contributed by atoms with Crippen LogP contribution in [0.4, 0.5) is 0 Å². The first-order valence-corrected chi connectivity index (χ1v) is 9.84. The molecule has 0 saturated heterocycles. The van der Waals surface area contributed by atoms with Crippen LogP contribution in [0.2, 0.25) is 0 Å². The van der Waals surface area contributed by atoms with Crippen molar-refractivity contribution in [3.8, 4) is 17.2 Å². The topological polar surface area (TPSA) is 87.7 Å². The number of benzene rings is 3. The molecule has 0 spiro atoms. The highest BCUT2D eigenvalue weighted by atomic mass is 16.5. The second-order valence-corrected chi connectivity index (χ2v) is 7.06. The van der Waals surface area contributed by atoms with Gasteiger partial charge in [-0.1, -0.05) is 42.5 Å². The van der Waals surface area contributed by atoms with Gasteiger partial charge < -0.3 is 20.5 Å². The van der Waals surface area contributed by atoms with Gasteiger partial charge in [-0.05, 0) is 36.8 Å². The summed E-state index contributed by atoms with van der Waals surface area (Å²) in [5.74, 6) is 0.631. The van der Waals surface area contributed by atoms with Crippen molar-refractivity contribution in [2.45, 2.75) is 12.3 Å². The third kappa shape index (κ3) is 4.12. The molecule has 1 aliphatic rings. The van der Waals surface area contributed by atoms with Gasteiger partial charge in [0.25, 0.3) is 5.91 Å². The maximum absolute atomic E-state index is 13.0. The lowest BCUT2D eigenvalue weighted by Crippen LogP contribution is -2.34. The molecule has 6 heteroatoms. The number of fused-ring (bicyclic) bond motifs is 2. The molecule has 4 rings (SSSR count). The number of rotatable bonds is 6. The molecule has 1 heterocycles. The van der Waals surface area contributed by atoms with Crippen LogP contribution in [-0.2, 0) is 4.79 Å². The maximum Gasteiger partial charge on any atom is 0.251 e. The quantitative estimate of drug-likeness (QED) is 0.550. The smallest absolute Gasteiger partial charge is 0.251 e. The van der Waals surface area contributed by atoms with E-state index in [0.717, 1.165) is 11.1 Å². The first kappa shape index (κ1) is 19.5. The van der Waals surface area contributed by atoms with E-state index in [-0.39, 0.29) is 17.6 Å². The van der Waals surface area contributed by atoms with Crippen molar-refractivity contribution in [3.63, 3.8) is 0 Å². The van der Waals surface area contributed by atoms with Crippen LogP contribution in [0.15, 0.2) is 72.8 Å². The van der Waals surface area contributed by atoms with E-state index in [0.29, 0.717) is 36.6 Å². The largest absolute Gasteiger partial charge is 0.508 e. The molecule has 1 aliphatic heterocycles. The van der Waals surface area contributed by atoms with Crippen LogP contribution in [0.1, 0.15) is 33.8 Å². The van der Waals surface area contributed by atoms with Gasteiger partial charge >= 0.3 is 0 Å². The second kappa shape index (κ2) is 8.69. The van der Waals surface area contributed by atoms with Crippen molar-refractivity contribution in [3.05, 3.63) is 89.5 Å². The number of phenols is 1. The molecule has 0 atom stereocenters. The molecule has 152 valence electrons. The van der Waals surface area contributed by atoms with E-state index < -0.39 is 5.92 Å². The van der Waals surface area contributed by atoms with Crippen molar-refractivity contribution in [2.75, 3.05) is 13.1 Å². The summed E-state index contributed by atoms with van der Waals surface area (Å²) in [5, 5.41) is 15.2. The Labute approximate surface area is 174 Å². The van der Waals surface area contributed by atoms with Crippen molar-refractivity contribution in [2.24, 2.45) is 0 Å². The van der Waals surface area contributed by atoms with Crippen LogP contribution < -0.4 is 15.4 Å². The van der Waals surface area contributed by atoms with Gasteiger partial charge in [-0.15, -0.1) is 0 Å². The minimum Gasteiger partial charge on any atom is -0.508 e. The summed E-state index contributed by atoms with van der Waals surface area (Å²) in [6, 6.07) is 21.3. The molecule has 0 radical (unpaired) electrons. The molecule has 0 aliphatic carbocycles. The van der Waals surface area contributed by atoms with E-state index in [9.17, 15) is 14.7 Å². The molecule has 3 aromatic carbocycles. The number of phenolic OH excluding ortho intramolecular Hbond substituents is 1. The number of carbonyl (C=O) groups is 2. The van der Waals surface area contributed by atoms with Crippen molar-refractivity contribution >= 4 is 11.8 Å². The van der Waals surface area contributed by atoms with E-state index in [1.165, 1.54) is 12.1 Å². The summed E-state index contributed by atoms with van der Waals surface area (Å²) in [7, 11) is 0. The summed E-state index contributed by atoms with van der Waals surface area (Å²) in [4.78, 5) is 25.1. The summed E-state index contributed by atoms with van der Waals surface area (Å²) in [6.45, 7) is 0.844. The Bertz CT molecular complexity index is 1030. The van der Waals surface area contributed by atoms with E-state index in [1.807, 2.05) is 48.5 Å². The van der Waals surface area contributed by atoms with Crippen LogP contribution in [0, 0.1) is 0 Å². The van der Waals surface area contributed by atoms with Crippen molar-refractivity contribution < 1.29 is 19.4 Å². The zero-order chi connectivity index (χ0) is 20.9. The summed E-state index contributed by atoms with van der Waals surface area (Å²) >= 11 is 0. The molecular weight excluding hydrogens is 380 g/mol. The molecule has 6 nitrogen and oxygen atoms in total. The highest BCUT2D eigenvalue weighted by molar-refractivity contribution is 5.94. The van der Waals surface area contributed by atoms with Gasteiger partial charge in [-0.2, -0.15) is 0 Å². The second-order valence-electron chi connectivity index (χ2n) is 7.06. The highest BCUT2D eigenvalue weighted by Gasteiger charge is 2.32. The Balaban J connectivity index is 1.34. The van der Waals surface area contributed by atoms with Crippen molar-refractivity contribution in [1.29, 1.82) is 0 Å². The molecule has 30 heavy (non-hydrogen) atoms. The minimum atomic E-state index is -0.437. The number of amides is 2. The lowest BCUT2D eigenvalue weighted by Gasteiger charge is -2.27. The van der Waals surface area contributed by atoms with Crippen LogP contribution >= 0.6 is 0 Å². The number of para-hydroxylation sites is 2. The van der Waals surface area contributed by atoms with E-state index >= 15 is 0 Å². The first-order valence-electron chi connectivity index (χ1n) is 9.84. The lowest BCUT2D eigenvalue weighted by molar-refractivity contribution is -0.121. The Hall–Kier alpha value is -3.80.